The van der Waals surface area contributed by atoms with Crippen molar-refractivity contribution in [3.05, 3.63) is 54.0 Å². The Balaban J connectivity index is 1.56. The smallest absolute Gasteiger partial charge is 0.258 e. The minimum Gasteiger partial charge on any atom is -0.496 e. The minimum absolute atomic E-state index is 0.546. The normalized spacial score (nSPS) is 11.1. The van der Waals surface area contributed by atoms with E-state index in [9.17, 15) is 0 Å². The van der Waals surface area contributed by atoms with Gasteiger partial charge in [0.05, 0.1) is 18.4 Å². The van der Waals surface area contributed by atoms with Crippen molar-refractivity contribution in [1.82, 2.24) is 15.0 Å². The van der Waals surface area contributed by atoms with Crippen molar-refractivity contribution in [2.24, 2.45) is 0 Å². The van der Waals surface area contributed by atoms with Crippen molar-refractivity contribution in [3.63, 3.8) is 0 Å². The number of aromatic nitrogens is 3. The number of para-hydroxylation sites is 1. The first-order valence-corrected chi connectivity index (χ1v) is 8.67. The predicted molar refractivity (Wildman–Crippen MR) is 94.6 cm³/mol. The molecular weight excluding hydrogens is 338 g/mol. The first kappa shape index (κ1) is 15.7. The zero-order chi connectivity index (χ0) is 17.2. The second-order valence-electron chi connectivity index (χ2n) is 5.32. The number of hydrogen-bond donors (Lipinski definition) is 0. The van der Waals surface area contributed by atoms with Crippen LogP contribution in [0.2, 0.25) is 0 Å². The van der Waals surface area contributed by atoms with Gasteiger partial charge in [-0.1, -0.05) is 23.9 Å². The van der Waals surface area contributed by atoms with Gasteiger partial charge in [-0.15, -0.1) is 0 Å². The SMILES string of the molecule is COc1ccccc1-c1nc(CSc2nc3ncccc3o2)c(C)o1. The first-order chi connectivity index (χ1) is 12.2. The molecule has 3 aromatic heterocycles. The maximum absolute atomic E-state index is 5.82. The summed E-state index contributed by atoms with van der Waals surface area (Å²) in [6, 6.07) is 11.3. The Bertz CT molecular complexity index is 992. The Kier molecular flexibility index (Phi) is 4.15. The number of hydrogen-bond acceptors (Lipinski definition) is 7. The first-order valence-electron chi connectivity index (χ1n) is 7.68. The van der Waals surface area contributed by atoms with E-state index >= 15 is 0 Å². The zero-order valence-electron chi connectivity index (χ0n) is 13.7. The standard InChI is InChI=1S/C18H15N3O3S/c1-11-13(10-25-18-21-16-15(24-18)8-5-9-19-16)20-17(23-11)12-6-3-4-7-14(12)22-2/h3-9H,10H2,1-2H3. The molecule has 0 fully saturated rings. The van der Waals surface area contributed by atoms with Crippen LogP contribution in [-0.2, 0) is 5.75 Å². The number of thioether (sulfide) groups is 1. The quantitative estimate of drug-likeness (QED) is 0.489. The van der Waals surface area contributed by atoms with Crippen molar-refractivity contribution >= 4 is 23.0 Å². The van der Waals surface area contributed by atoms with Crippen LogP contribution in [0, 0.1) is 6.92 Å². The second-order valence-corrected chi connectivity index (χ2v) is 6.24. The van der Waals surface area contributed by atoms with Crippen molar-refractivity contribution in [1.29, 1.82) is 0 Å². The van der Waals surface area contributed by atoms with Crippen LogP contribution in [-0.4, -0.2) is 22.1 Å². The van der Waals surface area contributed by atoms with Gasteiger partial charge in [-0.3, -0.25) is 0 Å². The molecular formula is C18H15N3O3S. The van der Waals surface area contributed by atoms with Gasteiger partial charge in [-0.2, -0.15) is 4.98 Å². The molecule has 0 amide bonds. The molecule has 0 atom stereocenters. The van der Waals surface area contributed by atoms with Crippen LogP contribution in [0.1, 0.15) is 11.5 Å². The number of methoxy groups -OCH3 is 1. The number of rotatable bonds is 5. The Labute approximate surface area is 148 Å². The van der Waals surface area contributed by atoms with Gasteiger partial charge in [-0.05, 0) is 31.2 Å². The lowest BCUT2D eigenvalue weighted by atomic mass is 10.2. The molecule has 0 spiro atoms. The van der Waals surface area contributed by atoms with Gasteiger partial charge in [0.1, 0.15) is 11.5 Å². The largest absolute Gasteiger partial charge is 0.496 e. The van der Waals surface area contributed by atoms with Crippen molar-refractivity contribution in [2.75, 3.05) is 7.11 Å². The van der Waals surface area contributed by atoms with E-state index < -0.39 is 0 Å². The van der Waals surface area contributed by atoms with Crippen LogP contribution < -0.4 is 4.74 Å². The zero-order valence-corrected chi connectivity index (χ0v) is 14.5. The summed E-state index contributed by atoms with van der Waals surface area (Å²) >= 11 is 1.46. The Hall–Kier alpha value is -2.80. The summed E-state index contributed by atoms with van der Waals surface area (Å²) in [4.78, 5) is 13.1. The maximum Gasteiger partial charge on any atom is 0.258 e. The number of oxazole rings is 2. The highest BCUT2D eigenvalue weighted by atomic mass is 32.2. The molecule has 0 N–H and O–H groups in total. The summed E-state index contributed by atoms with van der Waals surface area (Å²) in [5.41, 5.74) is 2.96. The summed E-state index contributed by atoms with van der Waals surface area (Å²) < 4.78 is 16.9. The van der Waals surface area contributed by atoms with E-state index in [2.05, 4.69) is 15.0 Å². The number of ether oxygens (including phenoxy) is 1. The molecule has 126 valence electrons. The second kappa shape index (κ2) is 6.60. The third kappa shape index (κ3) is 3.10. The summed E-state index contributed by atoms with van der Waals surface area (Å²) in [5.74, 6) is 2.64. The van der Waals surface area contributed by atoms with Crippen LogP contribution in [0.5, 0.6) is 5.75 Å². The van der Waals surface area contributed by atoms with Crippen LogP contribution >= 0.6 is 11.8 Å². The topological polar surface area (TPSA) is 74.2 Å². The lowest BCUT2D eigenvalue weighted by Crippen LogP contribution is -1.88. The number of pyridine rings is 1. The monoisotopic (exact) mass is 353 g/mol. The number of fused-ring (bicyclic) bond motifs is 1. The van der Waals surface area contributed by atoms with E-state index in [1.807, 2.05) is 43.3 Å². The van der Waals surface area contributed by atoms with Gasteiger partial charge in [0, 0.05) is 11.9 Å². The molecule has 4 rings (SSSR count). The number of nitrogens with zero attached hydrogens (tertiary/aromatic N) is 3. The summed E-state index contributed by atoms with van der Waals surface area (Å²) in [5, 5.41) is 0.565. The predicted octanol–water partition coefficient (Wildman–Crippen LogP) is 4.49. The van der Waals surface area contributed by atoms with E-state index in [1.54, 1.807) is 13.3 Å². The number of aryl methyl sites for hydroxylation is 1. The van der Waals surface area contributed by atoms with Crippen LogP contribution in [0.4, 0.5) is 0 Å². The Morgan fingerprint density at radius 3 is 2.80 bits per heavy atom. The highest BCUT2D eigenvalue weighted by Crippen LogP contribution is 2.32. The molecule has 7 heteroatoms. The van der Waals surface area contributed by atoms with E-state index in [0.29, 0.717) is 28.1 Å². The molecule has 0 radical (unpaired) electrons. The van der Waals surface area contributed by atoms with Gasteiger partial charge in [0.25, 0.3) is 5.22 Å². The number of benzene rings is 1. The summed E-state index contributed by atoms with van der Waals surface area (Å²) in [6.45, 7) is 1.90. The van der Waals surface area contributed by atoms with E-state index in [4.69, 9.17) is 13.6 Å². The molecule has 25 heavy (non-hydrogen) atoms. The van der Waals surface area contributed by atoms with Gasteiger partial charge >= 0.3 is 0 Å². The lowest BCUT2D eigenvalue weighted by Gasteiger charge is -2.03. The van der Waals surface area contributed by atoms with Gasteiger partial charge in [0.2, 0.25) is 5.89 Å². The van der Waals surface area contributed by atoms with Crippen LogP contribution in [0.25, 0.3) is 22.7 Å². The van der Waals surface area contributed by atoms with Crippen molar-refractivity contribution < 1.29 is 13.6 Å². The molecule has 0 bridgehead atoms. The molecule has 0 unspecified atom stereocenters. The van der Waals surface area contributed by atoms with Gasteiger partial charge < -0.3 is 13.6 Å². The van der Waals surface area contributed by atoms with E-state index in [1.165, 1.54) is 11.8 Å². The fraction of sp³-hybridized carbons (Fsp3) is 0.167. The molecule has 0 saturated carbocycles. The molecule has 0 aliphatic rings. The molecule has 0 aliphatic heterocycles. The fourth-order valence-corrected chi connectivity index (χ4v) is 3.27. The summed E-state index contributed by atoms with van der Waals surface area (Å²) in [7, 11) is 1.63. The third-order valence-electron chi connectivity index (χ3n) is 3.71. The van der Waals surface area contributed by atoms with Crippen LogP contribution in [0.15, 0.2) is 56.7 Å². The molecule has 3 heterocycles. The minimum atomic E-state index is 0.546. The molecule has 0 aliphatic carbocycles. The highest BCUT2D eigenvalue weighted by Gasteiger charge is 2.16. The van der Waals surface area contributed by atoms with Crippen LogP contribution in [0.3, 0.4) is 0 Å². The highest BCUT2D eigenvalue weighted by molar-refractivity contribution is 7.98. The molecule has 1 aromatic carbocycles. The Morgan fingerprint density at radius 2 is 1.96 bits per heavy atom. The van der Waals surface area contributed by atoms with Gasteiger partial charge in [-0.25, -0.2) is 9.97 Å². The molecule has 6 nitrogen and oxygen atoms in total. The van der Waals surface area contributed by atoms with Gasteiger partial charge in [0.15, 0.2) is 11.2 Å². The van der Waals surface area contributed by atoms with E-state index in [-0.39, 0.29) is 0 Å². The van der Waals surface area contributed by atoms with E-state index in [0.717, 1.165) is 22.8 Å². The average Bonchev–Trinajstić information content (AvgIpc) is 3.22. The lowest BCUT2D eigenvalue weighted by molar-refractivity contribution is 0.414. The van der Waals surface area contributed by atoms with Crippen molar-refractivity contribution in [3.8, 4) is 17.2 Å². The summed E-state index contributed by atoms with van der Waals surface area (Å²) in [6.07, 6.45) is 1.70. The Morgan fingerprint density at radius 1 is 1.08 bits per heavy atom. The van der Waals surface area contributed by atoms with Crippen molar-refractivity contribution in [2.45, 2.75) is 17.9 Å². The molecule has 0 saturated heterocycles. The molecule has 4 aromatic rings. The third-order valence-corrected chi connectivity index (χ3v) is 4.55. The maximum atomic E-state index is 5.82. The fourth-order valence-electron chi connectivity index (χ4n) is 2.44. The average molecular weight is 353 g/mol.